The van der Waals surface area contributed by atoms with Gasteiger partial charge in [-0.3, -0.25) is 0 Å². The van der Waals surface area contributed by atoms with Crippen molar-refractivity contribution in [2.24, 2.45) is 0 Å². The van der Waals surface area contributed by atoms with Crippen molar-refractivity contribution < 1.29 is 0 Å². The van der Waals surface area contributed by atoms with E-state index in [-0.39, 0.29) is 0 Å². The molecule has 0 fully saturated rings. The fourth-order valence-electron chi connectivity index (χ4n) is 1.70. The maximum atomic E-state index is 5.43. The molecule has 0 amide bonds. The summed E-state index contributed by atoms with van der Waals surface area (Å²) in [6.07, 6.45) is 1.90. The van der Waals surface area contributed by atoms with Crippen molar-refractivity contribution in [1.82, 2.24) is 4.57 Å². The van der Waals surface area contributed by atoms with E-state index < -0.39 is 0 Å². The molecule has 2 aromatic rings. The van der Waals surface area contributed by atoms with Gasteiger partial charge in [0.15, 0.2) is 3.95 Å². The number of para-hydroxylation sites is 1. The molecule has 1 aromatic heterocycles. The fraction of sp³-hybridized carbons (Fsp3) is 0.214. The maximum absolute atomic E-state index is 5.43. The van der Waals surface area contributed by atoms with Crippen LogP contribution < -0.4 is 0 Å². The lowest BCUT2D eigenvalue weighted by molar-refractivity contribution is 0.808. The third-order valence-electron chi connectivity index (χ3n) is 2.95. The summed E-state index contributed by atoms with van der Waals surface area (Å²) in [5, 5.41) is 0. The zero-order valence-corrected chi connectivity index (χ0v) is 11.7. The van der Waals surface area contributed by atoms with Crippen LogP contribution in [-0.2, 0) is 6.54 Å². The van der Waals surface area contributed by atoms with E-state index >= 15 is 0 Å². The first kappa shape index (κ1) is 12.3. The van der Waals surface area contributed by atoms with Crippen LogP contribution in [-0.4, -0.2) is 4.57 Å². The van der Waals surface area contributed by atoms with Gasteiger partial charge in [-0.15, -0.1) is 11.3 Å². The Hall–Kier alpha value is -1.19. The summed E-state index contributed by atoms with van der Waals surface area (Å²) in [7, 11) is 0. The predicted octanol–water partition coefficient (Wildman–Crippen LogP) is 4.95. The minimum Gasteiger partial charge on any atom is -0.319 e. The number of rotatable bonds is 3. The molecule has 17 heavy (non-hydrogen) atoms. The van der Waals surface area contributed by atoms with Gasteiger partial charge in [-0.1, -0.05) is 35.9 Å². The van der Waals surface area contributed by atoms with Crippen LogP contribution in [0.25, 0.3) is 10.2 Å². The van der Waals surface area contributed by atoms with Crippen LogP contribution in [0.1, 0.15) is 13.8 Å². The monoisotopic (exact) mass is 261 g/mol. The highest BCUT2D eigenvalue weighted by Crippen LogP contribution is 2.24. The normalized spacial score (nSPS) is 12.6. The second kappa shape index (κ2) is 4.98. The fourth-order valence-corrected chi connectivity index (χ4v) is 3.02. The average molecular weight is 261 g/mol. The smallest absolute Gasteiger partial charge is 0.162 e. The lowest BCUT2D eigenvalue weighted by Crippen LogP contribution is -1.99. The van der Waals surface area contributed by atoms with E-state index in [1.807, 2.05) is 6.08 Å². The van der Waals surface area contributed by atoms with Gasteiger partial charge < -0.3 is 4.57 Å². The van der Waals surface area contributed by atoms with Crippen molar-refractivity contribution in [3.63, 3.8) is 0 Å². The molecule has 88 valence electrons. The molecule has 0 aliphatic rings. The van der Waals surface area contributed by atoms with Crippen LogP contribution in [0, 0.1) is 3.95 Å². The second-order valence-corrected chi connectivity index (χ2v) is 5.77. The number of allylic oxidation sites excluding steroid dienone is 3. The summed E-state index contributed by atoms with van der Waals surface area (Å²) < 4.78 is 4.38. The highest BCUT2D eigenvalue weighted by atomic mass is 32.1. The van der Waals surface area contributed by atoms with Crippen molar-refractivity contribution in [2.45, 2.75) is 20.4 Å². The Morgan fingerprint density at radius 1 is 1.41 bits per heavy atom. The van der Waals surface area contributed by atoms with Crippen LogP contribution in [0.4, 0.5) is 0 Å². The Morgan fingerprint density at radius 3 is 2.82 bits per heavy atom. The molecular formula is C14H15NS2. The highest BCUT2D eigenvalue weighted by Gasteiger charge is 2.05. The van der Waals surface area contributed by atoms with E-state index in [4.69, 9.17) is 12.2 Å². The van der Waals surface area contributed by atoms with Crippen molar-refractivity contribution in [3.05, 3.63) is 52.0 Å². The number of benzene rings is 1. The Labute approximate surface area is 111 Å². The molecule has 3 heteroatoms. The van der Waals surface area contributed by atoms with Gasteiger partial charge in [-0.25, -0.2) is 0 Å². The van der Waals surface area contributed by atoms with E-state index in [1.54, 1.807) is 11.3 Å². The lowest BCUT2D eigenvalue weighted by Gasteiger charge is -2.07. The largest absolute Gasteiger partial charge is 0.319 e. The molecule has 1 nitrogen and oxygen atoms in total. The first-order chi connectivity index (χ1) is 8.13. The van der Waals surface area contributed by atoms with E-state index in [0.29, 0.717) is 0 Å². The molecule has 1 heterocycles. The molecule has 0 bridgehead atoms. The second-order valence-electron chi connectivity index (χ2n) is 4.09. The maximum Gasteiger partial charge on any atom is 0.162 e. The zero-order chi connectivity index (χ0) is 12.4. The van der Waals surface area contributed by atoms with E-state index in [1.165, 1.54) is 21.4 Å². The molecule has 0 unspecified atom stereocenters. The summed E-state index contributed by atoms with van der Waals surface area (Å²) in [6, 6.07) is 8.35. The molecular weight excluding hydrogens is 246 g/mol. The molecule has 2 rings (SSSR count). The number of nitrogens with zero attached hydrogens (tertiary/aromatic N) is 1. The molecule has 0 aliphatic carbocycles. The summed E-state index contributed by atoms with van der Waals surface area (Å²) in [4.78, 5) is 0. The number of hydrogen-bond donors (Lipinski definition) is 0. The van der Waals surface area contributed by atoms with Gasteiger partial charge in [0.1, 0.15) is 0 Å². The number of hydrogen-bond acceptors (Lipinski definition) is 2. The molecule has 0 spiro atoms. The molecule has 1 aromatic carbocycles. The Morgan fingerprint density at radius 2 is 2.12 bits per heavy atom. The molecule has 0 atom stereocenters. The third kappa shape index (κ3) is 2.40. The Kier molecular flexibility index (Phi) is 3.60. The molecule has 0 N–H and O–H groups in total. The van der Waals surface area contributed by atoms with Gasteiger partial charge in [0.2, 0.25) is 0 Å². The van der Waals surface area contributed by atoms with E-state index in [2.05, 4.69) is 49.3 Å². The summed E-state index contributed by atoms with van der Waals surface area (Å²) in [6.45, 7) is 8.87. The SMILES string of the molecule is C=C/C(C)=C(\C)Cn1c(=S)sc2ccccc21. The van der Waals surface area contributed by atoms with Crippen molar-refractivity contribution >= 4 is 33.8 Å². The molecule has 0 radical (unpaired) electrons. The zero-order valence-electron chi connectivity index (χ0n) is 10.1. The van der Waals surface area contributed by atoms with E-state index in [9.17, 15) is 0 Å². The number of aromatic nitrogens is 1. The van der Waals surface area contributed by atoms with Crippen LogP contribution in [0.15, 0.2) is 48.1 Å². The first-order valence-electron chi connectivity index (χ1n) is 5.50. The van der Waals surface area contributed by atoms with Gasteiger partial charge in [-0.2, -0.15) is 0 Å². The average Bonchev–Trinajstić information content (AvgIpc) is 2.65. The molecule has 0 saturated heterocycles. The van der Waals surface area contributed by atoms with Crippen molar-refractivity contribution in [2.75, 3.05) is 0 Å². The van der Waals surface area contributed by atoms with Gasteiger partial charge in [0.25, 0.3) is 0 Å². The molecule has 0 saturated carbocycles. The van der Waals surface area contributed by atoms with Crippen LogP contribution >= 0.6 is 23.6 Å². The van der Waals surface area contributed by atoms with Gasteiger partial charge in [0, 0.05) is 6.54 Å². The van der Waals surface area contributed by atoms with Crippen molar-refractivity contribution in [1.29, 1.82) is 0 Å². The first-order valence-corrected chi connectivity index (χ1v) is 6.73. The third-order valence-corrected chi connectivity index (χ3v) is 4.38. The summed E-state index contributed by atoms with van der Waals surface area (Å²) in [5.41, 5.74) is 3.75. The quantitative estimate of drug-likeness (QED) is 0.559. The number of fused-ring (bicyclic) bond motifs is 1. The standard InChI is InChI=1S/C14H15NS2/c1-4-10(2)11(3)9-15-12-7-5-6-8-13(12)17-14(15)16/h4-8H,1,9H2,2-3H3/b11-10+. The topological polar surface area (TPSA) is 4.93 Å². The number of thiazole rings is 1. The van der Waals surface area contributed by atoms with Crippen LogP contribution in [0.2, 0.25) is 0 Å². The lowest BCUT2D eigenvalue weighted by atomic mass is 10.1. The van der Waals surface area contributed by atoms with Crippen molar-refractivity contribution in [3.8, 4) is 0 Å². The van der Waals surface area contributed by atoms with Gasteiger partial charge >= 0.3 is 0 Å². The van der Waals surface area contributed by atoms with Gasteiger partial charge in [-0.05, 0) is 38.2 Å². The minimum absolute atomic E-state index is 0.848. The van der Waals surface area contributed by atoms with Crippen LogP contribution in [0.5, 0.6) is 0 Å². The van der Waals surface area contributed by atoms with Gasteiger partial charge in [0.05, 0.1) is 10.2 Å². The Balaban J connectivity index is 2.53. The summed E-state index contributed by atoms with van der Waals surface area (Å²) >= 11 is 7.10. The predicted molar refractivity (Wildman–Crippen MR) is 79.2 cm³/mol. The minimum atomic E-state index is 0.848. The summed E-state index contributed by atoms with van der Waals surface area (Å²) in [5.74, 6) is 0. The van der Waals surface area contributed by atoms with Crippen LogP contribution in [0.3, 0.4) is 0 Å². The highest BCUT2D eigenvalue weighted by molar-refractivity contribution is 7.73. The van der Waals surface area contributed by atoms with E-state index in [0.717, 1.165) is 10.5 Å². The molecule has 0 aliphatic heterocycles. The Bertz CT molecular complexity index is 644.